The van der Waals surface area contributed by atoms with Crippen molar-refractivity contribution in [2.75, 3.05) is 21.3 Å². The molecule has 1 aromatic heterocycles. The van der Waals surface area contributed by atoms with Crippen LogP contribution in [0.2, 0.25) is 0 Å². The molecule has 8 heteroatoms. The topological polar surface area (TPSA) is 93.4 Å². The Morgan fingerprint density at radius 3 is 2.17 bits per heavy atom. The molecule has 4 aromatic rings. The van der Waals surface area contributed by atoms with E-state index in [-0.39, 0.29) is 28.1 Å². The van der Waals surface area contributed by atoms with Crippen molar-refractivity contribution >= 4 is 16.9 Å². The Morgan fingerprint density at radius 2 is 1.51 bits per heavy atom. The van der Waals surface area contributed by atoms with Crippen molar-refractivity contribution in [3.05, 3.63) is 81.7 Å². The second-order valence-corrected chi connectivity index (χ2v) is 7.76. The molecule has 0 amide bonds. The van der Waals surface area contributed by atoms with Crippen LogP contribution >= 0.6 is 0 Å². The molecular weight excluding hydrogens is 452 g/mol. The van der Waals surface area contributed by atoms with E-state index in [0.29, 0.717) is 28.4 Å². The summed E-state index contributed by atoms with van der Waals surface area (Å²) in [4.78, 5) is 25.7. The fourth-order valence-corrected chi connectivity index (χ4v) is 3.53. The zero-order valence-electron chi connectivity index (χ0n) is 20.0. The highest BCUT2D eigenvalue weighted by Gasteiger charge is 2.19. The van der Waals surface area contributed by atoms with Crippen LogP contribution in [0, 0.1) is 13.8 Å². The smallest absolute Gasteiger partial charge is 0.343 e. The first-order chi connectivity index (χ1) is 16.8. The minimum atomic E-state index is -0.652. The van der Waals surface area contributed by atoms with Crippen molar-refractivity contribution in [3.63, 3.8) is 0 Å². The molecule has 0 aliphatic heterocycles. The van der Waals surface area contributed by atoms with E-state index in [1.54, 1.807) is 0 Å². The molecule has 0 aliphatic carbocycles. The lowest BCUT2D eigenvalue weighted by molar-refractivity contribution is 0.0734. The Labute approximate surface area is 201 Å². The lowest BCUT2D eigenvalue weighted by Gasteiger charge is -2.13. The van der Waals surface area contributed by atoms with Gasteiger partial charge in [0.05, 0.1) is 32.3 Å². The van der Waals surface area contributed by atoms with Crippen LogP contribution in [0.5, 0.6) is 34.5 Å². The molecule has 0 spiro atoms. The minimum absolute atomic E-state index is 0.0633. The van der Waals surface area contributed by atoms with E-state index in [1.165, 1.54) is 57.9 Å². The SMILES string of the molecule is COc1cc(C(=O)Oc2ccc3c(=O)c(Oc4cc(C)ccc4C)coc3c2)cc(OC)c1OC. The quantitative estimate of drug-likeness (QED) is 0.257. The molecule has 4 rings (SSSR count). The number of rotatable bonds is 7. The Kier molecular flexibility index (Phi) is 6.64. The molecule has 0 atom stereocenters. The van der Waals surface area contributed by atoms with Crippen LogP contribution in [-0.2, 0) is 0 Å². The summed E-state index contributed by atoms with van der Waals surface area (Å²) < 4.78 is 32.8. The Hall–Kier alpha value is -4.46. The Balaban J connectivity index is 1.61. The second-order valence-electron chi connectivity index (χ2n) is 7.76. The number of esters is 1. The molecule has 1 heterocycles. The molecule has 0 radical (unpaired) electrons. The first kappa shape index (κ1) is 23.7. The average molecular weight is 476 g/mol. The van der Waals surface area contributed by atoms with Gasteiger partial charge in [0.2, 0.25) is 16.9 Å². The predicted octanol–water partition coefficient (Wildman–Crippen LogP) is 5.45. The molecule has 35 heavy (non-hydrogen) atoms. The van der Waals surface area contributed by atoms with Crippen LogP contribution in [0.25, 0.3) is 11.0 Å². The third kappa shape index (κ3) is 4.77. The van der Waals surface area contributed by atoms with Gasteiger partial charge in [0, 0.05) is 6.07 Å². The normalized spacial score (nSPS) is 10.7. The van der Waals surface area contributed by atoms with Gasteiger partial charge in [0.25, 0.3) is 0 Å². The first-order valence-corrected chi connectivity index (χ1v) is 10.7. The highest BCUT2D eigenvalue weighted by molar-refractivity contribution is 5.93. The van der Waals surface area contributed by atoms with Gasteiger partial charge in [0.1, 0.15) is 23.3 Å². The largest absolute Gasteiger partial charge is 0.493 e. The standard InChI is InChI=1S/C27H24O8/c1-15-6-7-16(2)20(10-15)35-24-14-33-21-13-18(8-9-19(21)25(24)28)34-27(29)17-11-22(30-3)26(32-5)23(12-17)31-4/h6-14H,1-5H3. The van der Waals surface area contributed by atoms with Gasteiger partial charge in [-0.1, -0.05) is 12.1 Å². The molecular formula is C27H24O8. The number of aryl methyl sites for hydroxylation is 2. The molecule has 8 nitrogen and oxygen atoms in total. The van der Waals surface area contributed by atoms with Gasteiger partial charge in [-0.15, -0.1) is 0 Å². The summed E-state index contributed by atoms with van der Waals surface area (Å²) in [6.07, 6.45) is 1.25. The van der Waals surface area contributed by atoms with Crippen molar-refractivity contribution < 1.29 is 32.9 Å². The van der Waals surface area contributed by atoms with Crippen molar-refractivity contribution in [2.24, 2.45) is 0 Å². The summed E-state index contributed by atoms with van der Waals surface area (Å²) in [5.41, 5.74) is 2.00. The van der Waals surface area contributed by atoms with Gasteiger partial charge in [-0.25, -0.2) is 4.79 Å². The fraction of sp³-hybridized carbons (Fsp3) is 0.185. The van der Waals surface area contributed by atoms with Gasteiger partial charge in [-0.3, -0.25) is 4.79 Å². The van der Waals surface area contributed by atoms with Gasteiger partial charge >= 0.3 is 5.97 Å². The lowest BCUT2D eigenvalue weighted by atomic mass is 10.1. The lowest BCUT2D eigenvalue weighted by Crippen LogP contribution is -2.10. The van der Waals surface area contributed by atoms with E-state index < -0.39 is 5.97 Å². The van der Waals surface area contributed by atoms with E-state index in [9.17, 15) is 9.59 Å². The molecule has 0 saturated heterocycles. The van der Waals surface area contributed by atoms with E-state index >= 15 is 0 Å². The number of hydrogen-bond acceptors (Lipinski definition) is 8. The summed E-state index contributed by atoms with van der Waals surface area (Å²) in [5, 5.41) is 0.292. The summed E-state index contributed by atoms with van der Waals surface area (Å²) in [6.45, 7) is 3.84. The highest BCUT2D eigenvalue weighted by Crippen LogP contribution is 2.38. The average Bonchev–Trinajstić information content (AvgIpc) is 2.86. The van der Waals surface area contributed by atoms with Crippen molar-refractivity contribution in [2.45, 2.75) is 13.8 Å². The summed E-state index contributed by atoms with van der Waals surface area (Å²) >= 11 is 0. The molecule has 0 fully saturated rings. The highest BCUT2D eigenvalue weighted by atomic mass is 16.5. The number of methoxy groups -OCH3 is 3. The minimum Gasteiger partial charge on any atom is -0.493 e. The number of fused-ring (bicyclic) bond motifs is 1. The molecule has 0 bridgehead atoms. The number of benzene rings is 3. The van der Waals surface area contributed by atoms with E-state index in [1.807, 2.05) is 32.0 Å². The molecule has 3 aromatic carbocycles. The van der Waals surface area contributed by atoms with Crippen LogP contribution in [0.4, 0.5) is 0 Å². The summed E-state index contributed by atoms with van der Waals surface area (Å²) in [7, 11) is 4.38. The van der Waals surface area contributed by atoms with E-state index in [2.05, 4.69) is 0 Å². The Bertz CT molecular complexity index is 1440. The second kappa shape index (κ2) is 9.80. The van der Waals surface area contributed by atoms with Crippen molar-refractivity contribution in [1.82, 2.24) is 0 Å². The maximum absolute atomic E-state index is 13.0. The fourth-order valence-electron chi connectivity index (χ4n) is 3.53. The molecule has 0 aliphatic rings. The maximum atomic E-state index is 13.0. The van der Waals surface area contributed by atoms with Gasteiger partial charge in [-0.2, -0.15) is 0 Å². The third-order valence-corrected chi connectivity index (χ3v) is 5.39. The zero-order valence-corrected chi connectivity index (χ0v) is 20.0. The zero-order chi connectivity index (χ0) is 25.1. The van der Waals surface area contributed by atoms with Crippen molar-refractivity contribution in [1.29, 1.82) is 0 Å². The number of carbonyl (C=O) groups is 1. The monoisotopic (exact) mass is 476 g/mol. The molecule has 0 N–H and O–H groups in total. The van der Waals surface area contributed by atoms with Crippen LogP contribution in [0.1, 0.15) is 21.5 Å². The van der Waals surface area contributed by atoms with Crippen LogP contribution in [0.3, 0.4) is 0 Å². The number of ether oxygens (including phenoxy) is 5. The summed E-state index contributed by atoms with van der Waals surface area (Å²) in [5.74, 6) is 1.18. The first-order valence-electron chi connectivity index (χ1n) is 10.7. The maximum Gasteiger partial charge on any atom is 0.343 e. The van der Waals surface area contributed by atoms with E-state index in [0.717, 1.165) is 11.1 Å². The summed E-state index contributed by atoms with van der Waals surface area (Å²) in [6, 6.07) is 13.2. The molecule has 180 valence electrons. The Morgan fingerprint density at radius 1 is 0.800 bits per heavy atom. The number of hydrogen-bond donors (Lipinski definition) is 0. The van der Waals surface area contributed by atoms with E-state index in [4.69, 9.17) is 28.1 Å². The van der Waals surface area contributed by atoms with Crippen LogP contribution in [0.15, 0.2) is 64.0 Å². The third-order valence-electron chi connectivity index (χ3n) is 5.39. The van der Waals surface area contributed by atoms with Crippen molar-refractivity contribution in [3.8, 4) is 34.5 Å². The van der Waals surface area contributed by atoms with Crippen LogP contribution in [-0.4, -0.2) is 27.3 Å². The van der Waals surface area contributed by atoms with Gasteiger partial charge < -0.3 is 28.1 Å². The van der Waals surface area contributed by atoms with Crippen LogP contribution < -0.4 is 29.1 Å². The van der Waals surface area contributed by atoms with Gasteiger partial charge in [0.15, 0.2) is 11.5 Å². The molecule has 0 unspecified atom stereocenters. The predicted molar refractivity (Wildman–Crippen MR) is 130 cm³/mol. The molecule has 0 saturated carbocycles. The number of carbonyl (C=O) groups excluding carboxylic acids is 1. The van der Waals surface area contributed by atoms with Gasteiger partial charge in [-0.05, 0) is 55.3 Å².